The maximum Gasteiger partial charge on any atom is 0.163 e. The van der Waals surface area contributed by atoms with Crippen LogP contribution in [0.15, 0.2) is 42.6 Å². The highest BCUT2D eigenvalue weighted by molar-refractivity contribution is 5.76. The first-order chi connectivity index (χ1) is 12.0. The maximum absolute atomic E-state index is 9.27. The van der Waals surface area contributed by atoms with Crippen molar-refractivity contribution in [2.45, 2.75) is 32.2 Å². The van der Waals surface area contributed by atoms with Gasteiger partial charge in [0.15, 0.2) is 5.69 Å². The van der Waals surface area contributed by atoms with E-state index in [0.717, 1.165) is 30.1 Å². The Kier molecular flexibility index (Phi) is 3.50. The Balaban J connectivity index is 1.70. The van der Waals surface area contributed by atoms with Crippen molar-refractivity contribution >= 4 is 16.7 Å². The largest absolute Gasteiger partial charge is 0.365 e. The summed E-state index contributed by atoms with van der Waals surface area (Å²) in [6.45, 7) is 8.34. The minimum atomic E-state index is -0.0223. The van der Waals surface area contributed by atoms with Crippen LogP contribution < -0.4 is 4.90 Å². The fourth-order valence-corrected chi connectivity index (χ4v) is 3.50. The van der Waals surface area contributed by atoms with Gasteiger partial charge in [0.05, 0.1) is 22.8 Å². The number of pyridine rings is 1. The molecule has 3 aromatic rings. The fourth-order valence-electron chi connectivity index (χ4n) is 3.50. The number of hydrogen-bond donors (Lipinski definition) is 0. The average Bonchev–Trinajstić information content (AvgIpc) is 2.94. The zero-order valence-electron chi connectivity index (χ0n) is 14.8. The second-order valence-corrected chi connectivity index (χ2v) is 7.59. The van der Waals surface area contributed by atoms with Crippen LogP contribution in [0.4, 0.5) is 5.69 Å². The number of anilines is 1. The van der Waals surface area contributed by atoms with Crippen LogP contribution in [-0.4, -0.2) is 27.6 Å². The van der Waals surface area contributed by atoms with Crippen LogP contribution in [0.5, 0.6) is 0 Å². The van der Waals surface area contributed by atoms with Crippen LogP contribution in [0.1, 0.15) is 38.3 Å². The molecule has 126 valence electrons. The predicted molar refractivity (Wildman–Crippen MR) is 98.6 cm³/mol. The highest BCUT2D eigenvalue weighted by Crippen LogP contribution is 2.35. The number of hydrogen-bond acceptors (Lipinski definition) is 4. The summed E-state index contributed by atoms with van der Waals surface area (Å²) in [6, 6.07) is 14.7. The number of imidazole rings is 1. The summed E-state index contributed by atoms with van der Waals surface area (Å²) in [5.74, 6) is 1.12. The molecule has 0 spiro atoms. The van der Waals surface area contributed by atoms with Gasteiger partial charge in [-0.15, -0.1) is 0 Å². The number of nitriles is 1. The highest BCUT2D eigenvalue weighted by atomic mass is 15.3. The van der Waals surface area contributed by atoms with Crippen LogP contribution in [0.25, 0.3) is 11.0 Å². The third-order valence-corrected chi connectivity index (χ3v) is 4.73. The Morgan fingerprint density at radius 2 is 1.88 bits per heavy atom. The summed E-state index contributed by atoms with van der Waals surface area (Å²) < 4.78 is 2.38. The maximum atomic E-state index is 9.27. The monoisotopic (exact) mass is 331 g/mol. The van der Waals surface area contributed by atoms with Crippen LogP contribution in [-0.2, 0) is 5.41 Å². The third kappa shape index (κ3) is 2.54. The average molecular weight is 331 g/mol. The molecule has 0 bridgehead atoms. The SMILES string of the molecule is CC(C)(C)c1nc2ccccc2n1C1CN(c2cccnc2C#N)C1. The Bertz CT molecular complexity index is 968. The van der Waals surface area contributed by atoms with Gasteiger partial charge in [0.2, 0.25) is 0 Å². The van der Waals surface area contributed by atoms with Gasteiger partial charge in [0.1, 0.15) is 11.9 Å². The predicted octanol–water partition coefficient (Wildman–Crippen LogP) is 3.66. The van der Waals surface area contributed by atoms with E-state index in [1.165, 1.54) is 5.52 Å². The lowest BCUT2D eigenvalue weighted by molar-refractivity contribution is 0.373. The van der Waals surface area contributed by atoms with Crippen molar-refractivity contribution in [2.24, 2.45) is 0 Å². The Hall–Kier alpha value is -2.87. The van der Waals surface area contributed by atoms with E-state index in [4.69, 9.17) is 4.98 Å². The van der Waals surface area contributed by atoms with Crippen molar-refractivity contribution in [3.63, 3.8) is 0 Å². The molecule has 0 atom stereocenters. The van der Waals surface area contributed by atoms with Gasteiger partial charge in [-0.3, -0.25) is 0 Å². The summed E-state index contributed by atoms with van der Waals surface area (Å²) in [4.78, 5) is 11.3. The molecular weight excluding hydrogens is 310 g/mol. The van der Waals surface area contributed by atoms with Crippen molar-refractivity contribution in [2.75, 3.05) is 18.0 Å². The van der Waals surface area contributed by atoms with Gasteiger partial charge >= 0.3 is 0 Å². The zero-order chi connectivity index (χ0) is 17.6. The number of para-hydroxylation sites is 2. The normalized spacial score (nSPS) is 15.2. The molecule has 2 aromatic heterocycles. The molecule has 1 fully saturated rings. The number of fused-ring (bicyclic) bond motifs is 1. The quantitative estimate of drug-likeness (QED) is 0.719. The van der Waals surface area contributed by atoms with E-state index in [1.807, 2.05) is 18.2 Å². The molecule has 1 saturated heterocycles. The summed E-state index contributed by atoms with van der Waals surface area (Å²) in [6.07, 6.45) is 1.67. The summed E-state index contributed by atoms with van der Waals surface area (Å²) in [7, 11) is 0. The summed E-state index contributed by atoms with van der Waals surface area (Å²) in [5, 5.41) is 9.27. The fraction of sp³-hybridized carbons (Fsp3) is 0.350. The van der Waals surface area contributed by atoms with Gasteiger partial charge in [-0.2, -0.15) is 5.26 Å². The molecule has 0 unspecified atom stereocenters. The van der Waals surface area contributed by atoms with Crippen LogP contribution in [0, 0.1) is 11.3 Å². The van der Waals surface area contributed by atoms with E-state index < -0.39 is 0 Å². The Labute approximate surface area is 147 Å². The molecule has 0 radical (unpaired) electrons. The number of benzene rings is 1. The van der Waals surface area contributed by atoms with Crippen LogP contribution in [0.3, 0.4) is 0 Å². The topological polar surface area (TPSA) is 57.7 Å². The molecule has 0 N–H and O–H groups in total. The van der Waals surface area contributed by atoms with Crippen LogP contribution >= 0.6 is 0 Å². The molecule has 5 nitrogen and oxygen atoms in total. The smallest absolute Gasteiger partial charge is 0.163 e. The zero-order valence-corrected chi connectivity index (χ0v) is 14.8. The van der Waals surface area contributed by atoms with E-state index in [2.05, 4.69) is 59.5 Å². The minimum Gasteiger partial charge on any atom is -0.365 e. The Morgan fingerprint density at radius 3 is 2.60 bits per heavy atom. The first kappa shape index (κ1) is 15.6. The lowest BCUT2D eigenvalue weighted by atomic mass is 9.94. The molecule has 1 aromatic carbocycles. The molecule has 1 aliphatic rings. The summed E-state index contributed by atoms with van der Waals surface area (Å²) >= 11 is 0. The number of nitrogens with zero attached hydrogens (tertiary/aromatic N) is 5. The molecule has 25 heavy (non-hydrogen) atoms. The van der Waals surface area contributed by atoms with Crippen molar-refractivity contribution in [3.05, 3.63) is 54.1 Å². The highest BCUT2D eigenvalue weighted by Gasteiger charge is 2.35. The van der Waals surface area contributed by atoms with E-state index in [-0.39, 0.29) is 5.41 Å². The molecule has 4 rings (SSSR count). The molecular formula is C20H21N5. The molecule has 1 aliphatic heterocycles. The van der Waals surface area contributed by atoms with E-state index in [9.17, 15) is 5.26 Å². The lowest BCUT2D eigenvalue weighted by Gasteiger charge is -2.43. The van der Waals surface area contributed by atoms with Crippen molar-refractivity contribution in [3.8, 4) is 6.07 Å². The lowest BCUT2D eigenvalue weighted by Crippen LogP contribution is -2.49. The molecule has 0 aliphatic carbocycles. The number of rotatable bonds is 2. The minimum absolute atomic E-state index is 0.0223. The third-order valence-electron chi connectivity index (χ3n) is 4.73. The Morgan fingerprint density at radius 1 is 1.12 bits per heavy atom. The second-order valence-electron chi connectivity index (χ2n) is 7.59. The van der Waals surface area contributed by atoms with E-state index in [1.54, 1.807) is 6.20 Å². The number of aromatic nitrogens is 3. The van der Waals surface area contributed by atoms with Gasteiger partial charge in [-0.25, -0.2) is 9.97 Å². The van der Waals surface area contributed by atoms with E-state index in [0.29, 0.717) is 11.7 Å². The summed E-state index contributed by atoms with van der Waals surface area (Å²) in [5.41, 5.74) is 3.62. The van der Waals surface area contributed by atoms with Crippen molar-refractivity contribution < 1.29 is 0 Å². The van der Waals surface area contributed by atoms with Gasteiger partial charge in [0, 0.05) is 24.7 Å². The van der Waals surface area contributed by atoms with Crippen molar-refractivity contribution in [1.82, 2.24) is 14.5 Å². The molecule has 3 heterocycles. The van der Waals surface area contributed by atoms with E-state index >= 15 is 0 Å². The van der Waals surface area contributed by atoms with Gasteiger partial charge in [0.25, 0.3) is 0 Å². The van der Waals surface area contributed by atoms with Gasteiger partial charge in [-0.05, 0) is 24.3 Å². The molecule has 0 saturated carbocycles. The van der Waals surface area contributed by atoms with Crippen LogP contribution in [0.2, 0.25) is 0 Å². The van der Waals surface area contributed by atoms with Crippen molar-refractivity contribution in [1.29, 1.82) is 5.26 Å². The van der Waals surface area contributed by atoms with Gasteiger partial charge < -0.3 is 9.47 Å². The first-order valence-corrected chi connectivity index (χ1v) is 8.56. The standard InChI is InChI=1S/C20H21N5/c1-20(2,3)19-23-15-7-4-5-8-18(15)25(19)14-12-24(13-14)17-9-6-10-22-16(17)11-21/h4-10,14H,12-13H2,1-3H3. The molecule has 5 heteroatoms. The second kappa shape index (κ2) is 5.59. The van der Waals surface area contributed by atoms with Gasteiger partial charge in [-0.1, -0.05) is 32.9 Å². The first-order valence-electron chi connectivity index (χ1n) is 8.56. The molecule has 0 amide bonds.